The highest BCUT2D eigenvalue weighted by Crippen LogP contribution is 2.30. The smallest absolute Gasteiger partial charge is 0.253 e. The van der Waals surface area contributed by atoms with E-state index in [9.17, 15) is 4.79 Å². The summed E-state index contributed by atoms with van der Waals surface area (Å²) >= 11 is 0. The zero-order chi connectivity index (χ0) is 21.5. The fourth-order valence-corrected chi connectivity index (χ4v) is 4.44. The maximum absolute atomic E-state index is 12.9. The fraction of sp³-hybridized carbons (Fsp3) is 0.286. The first-order chi connectivity index (χ1) is 15.2. The molecule has 1 aliphatic carbocycles. The molecular formula is C28H30N2O. The van der Waals surface area contributed by atoms with Crippen LogP contribution in [0, 0.1) is 5.92 Å². The maximum atomic E-state index is 12.9. The van der Waals surface area contributed by atoms with E-state index in [2.05, 4.69) is 71.8 Å². The van der Waals surface area contributed by atoms with Gasteiger partial charge in [0.15, 0.2) is 0 Å². The minimum absolute atomic E-state index is 0.0957. The minimum Gasteiger partial charge on any atom is -0.341 e. The van der Waals surface area contributed by atoms with E-state index in [0.29, 0.717) is 11.5 Å². The average molecular weight is 411 g/mol. The number of hydrogen-bond acceptors (Lipinski definition) is 2. The molecule has 0 spiro atoms. The number of amides is 1. The monoisotopic (exact) mass is 410 g/mol. The maximum Gasteiger partial charge on any atom is 0.253 e. The highest BCUT2D eigenvalue weighted by atomic mass is 16.1. The third kappa shape index (κ3) is 5.49. The van der Waals surface area contributed by atoms with Crippen molar-refractivity contribution >= 4 is 5.91 Å². The average Bonchev–Trinajstić information content (AvgIpc) is 2.84. The summed E-state index contributed by atoms with van der Waals surface area (Å²) < 4.78 is 0. The first kappa shape index (κ1) is 21.0. The minimum atomic E-state index is -0.153. The van der Waals surface area contributed by atoms with Crippen molar-refractivity contribution in [2.75, 3.05) is 0 Å². The molecule has 1 N–H and O–H groups in total. The van der Waals surface area contributed by atoms with Crippen molar-refractivity contribution in [3.8, 4) is 11.1 Å². The number of nitrogens with zero attached hydrogens (tertiary/aromatic N) is 1. The van der Waals surface area contributed by atoms with Gasteiger partial charge in [-0.05, 0) is 54.5 Å². The van der Waals surface area contributed by atoms with Crippen LogP contribution in [0.2, 0.25) is 0 Å². The molecule has 1 aromatic heterocycles. The van der Waals surface area contributed by atoms with Crippen molar-refractivity contribution < 1.29 is 4.79 Å². The van der Waals surface area contributed by atoms with E-state index in [1.807, 2.05) is 6.07 Å². The third-order valence-corrected chi connectivity index (χ3v) is 6.15. The Balaban J connectivity index is 1.61. The third-order valence-electron chi connectivity index (χ3n) is 6.15. The zero-order valence-corrected chi connectivity index (χ0v) is 18.1. The first-order valence-corrected chi connectivity index (χ1v) is 11.3. The number of pyridine rings is 1. The van der Waals surface area contributed by atoms with Crippen LogP contribution in [0.25, 0.3) is 11.1 Å². The molecule has 0 bridgehead atoms. The molecule has 1 atom stereocenters. The molecule has 0 unspecified atom stereocenters. The summed E-state index contributed by atoms with van der Waals surface area (Å²) in [5, 5.41) is 3.25. The molecular weight excluding hydrogens is 380 g/mol. The predicted molar refractivity (Wildman–Crippen MR) is 127 cm³/mol. The Morgan fingerprint density at radius 2 is 1.65 bits per heavy atom. The number of allylic oxidation sites excluding steroid dienone is 1. The second-order valence-corrected chi connectivity index (χ2v) is 8.44. The van der Waals surface area contributed by atoms with Crippen LogP contribution in [-0.4, -0.2) is 10.9 Å². The molecule has 3 aromatic rings. The van der Waals surface area contributed by atoms with Crippen molar-refractivity contribution in [2.45, 2.75) is 45.1 Å². The summed E-state index contributed by atoms with van der Waals surface area (Å²) in [5.74, 6) is 0.511. The fourth-order valence-electron chi connectivity index (χ4n) is 4.44. The van der Waals surface area contributed by atoms with E-state index in [-0.39, 0.29) is 11.9 Å². The molecule has 2 aromatic carbocycles. The van der Waals surface area contributed by atoms with Gasteiger partial charge in [0.1, 0.15) is 0 Å². The number of aromatic nitrogens is 1. The van der Waals surface area contributed by atoms with Crippen LogP contribution in [0.1, 0.15) is 61.0 Å². The lowest BCUT2D eigenvalue weighted by molar-refractivity contribution is 0.0941. The van der Waals surface area contributed by atoms with E-state index in [1.165, 1.54) is 48.8 Å². The van der Waals surface area contributed by atoms with Gasteiger partial charge in [0.2, 0.25) is 0 Å². The summed E-state index contributed by atoms with van der Waals surface area (Å²) in [5.41, 5.74) is 5.26. The Morgan fingerprint density at radius 1 is 0.935 bits per heavy atom. The second kappa shape index (κ2) is 10.2. The Labute approximate surface area is 185 Å². The summed E-state index contributed by atoms with van der Waals surface area (Å²) in [4.78, 5) is 17.0. The lowest BCUT2D eigenvalue weighted by Crippen LogP contribution is -2.29. The number of rotatable bonds is 6. The summed E-state index contributed by atoms with van der Waals surface area (Å²) in [6.45, 7) is 2.15. The second-order valence-electron chi connectivity index (χ2n) is 8.44. The molecule has 3 heteroatoms. The van der Waals surface area contributed by atoms with E-state index in [4.69, 9.17) is 0 Å². The van der Waals surface area contributed by atoms with Crippen molar-refractivity contribution in [2.24, 2.45) is 5.92 Å². The number of carbonyl (C=O) groups is 1. The molecule has 1 aliphatic rings. The van der Waals surface area contributed by atoms with Gasteiger partial charge in [0.25, 0.3) is 5.91 Å². The van der Waals surface area contributed by atoms with Gasteiger partial charge < -0.3 is 5.32 Å². The largest absolute Gasteiger partial charge is 0.341 e. The van der Waals surface area contributed by atoms with Crippen molar-refractivity contribution in [1.29, 1.82) is 0 Å². The van der Waals surface area contributed by atoms with Gasteiger partial charge in [-0.15, -0.1) is 0 Å². The molecule has 1 amide bonds. The van der Waals surface area contributed by atoms with Crippen LogP contribution >= 0.6 is 0 Å². The van der Waals surface area contributed by atoms with E-state index >= 15 is 0 Å². The van der Waals surface area contributed by atoms with Gasteiger partial charge in [-0.3, -0.25) is 9.78 Å². The molecule has 158 valence electrons. The molecule has 1 fully saturated rings. The molecule has 1 heterocycles. The van der Waals surface area contributed by atoms with Gasteiger partial charge in [0, 0.05) is 12.4 Å². The van der Waals surface area contributed by atoms with E-state index < -0.39 is 0 Å². The molecule has 1 saturated carbocycles. The molecule has 31 heavy (non-hydrogen) atoms. The van der Waals surface area contributed by atoms with E-state index in [1.54, 1.807) is 24.5 Å². The Bertz CT molecular complexity index is 1000. The lowest BCUT2D eigenvalue weighted by atomic mass is 9.86. The van der Waals surface area contributed by atoms with Crippen LogP contribution < -0.4 is 5.32 Å². The summed E-state index contributed by atoms with van der Waals surface area (Å²) in [7, 11) is 0. The Kier molecular flexibility index (Phi) is 6.93. The predicted octanol–water partition coefficient (Wildman–Crippen LogP) is 6.75. The van der Waals surface area contributed by atoms with Crippen LogP contribution in [0.3, 0.4) is 0 Å². The molecule has 0 radical (unpaired) electrons. The van der Waals surface area contributed by atoms with Crippen LogP contribution in [-0.2, 0) is 0 Å². The van der Waals surface area contributed by atoms with Gasteiger partial charge in [0.05, 0.1) is 11.6 Å². The Hall–Kier alpha value is -3.20. The van der Waals surface area contributed by atoms with Gasteiger partial charge in [-0.2, -0.15) is 0 Å². The van der Waals surface area contributed by atoms with Crippen molar-refractivity contribution in [3.63, 3.8) is 0 Å². The van der Waals surface area contributed by atoms with Gasteiger partial charge >= 0.3 is 0 Å². The standard InChI is InChI=1S/C28H30N2O/c1-21(19-22-9-4-2-5-10-22)27(30-28(31)26-13-8-18-29-20-26)25-16-14-24(15-17-25)23-11-6-3-7-12-23/h3,6-8,11-20,22,27H,2,4-5,9-10H2,1H3,(H,30,31)/t27-/m1/s1. The number of benzene rings is 2. The van der Waals surface area contributed by atoms with Gasteiger partial charge in [-0.25, -0.2) is 0 Å². The molecule has 4 rings (SSSR count). The number of hydrogen-bond donors (Lipinski definition) is 1. The van der Waals surface area contributed by atoms with Crippen LogP contribution in [0.4, 0.5) is 0 Å². The lowest BCUT2D eigenvalue weighted by Gasteiger charge is -2.24. The summed E-state index contributed by atoms with van der Waals surface area (Å²) in [6, 6.07) is 22.4. The SMILES string of the molecule is CC(=CC1CCCCC1)[C@@H](NC(=O)c1cccnc1)c1ccc(-c2ccccc2)cc1. The van der Waals surface area contributed by atoms with Crippen LogP contribution in [0.5, 0.6) is 0 Å². The van der Waals surface area contributed by atoms with Crippen molar-refractivity contribution in [3.05, 3.63) is 102 Å². The topological polar surface area (TPSA) is 42.0 Å². The van der Waals surface area contributed by atoms with Crippen molar-refractivity contribution in [1.82, 2.24) is 10.3 Å². The first-order valence-electron chi connectivity index (χ1n) is 11.3. The number of nitrogens with one attached hydrogen (secondary N) is 1. The zero-order valence-electron chi connectivity index (χ0n) is 18.1. The molecule has 0 saturated heterocycles. The molecule has 0 aliphatic heterocycles. The number of carbonyl (C=O) groups excluding carboxylic acids is 1. The van der Waals surface area contributed by atoms with E-state index in [0.717, 1.165) is 5.56 Å². The Morgan fingerprint density at radius 3 is 2.32 bits per heavy atom. The quantitative estimate of drug-likeness (QED) is 0.457. The highest BCUT2D eigenvalue weighted by Gasteiger charge is 2.20. The summed E-state index contributed by atoms with van der Waals surface area (Å²) in [6.07, 6.45) is 12.1. The van der Waals surface area contributed by atoms with Gasteiger partial charge in [-0.1, -0.05) is 85.5 Å². The molecule has 3 nitrogen and oxygen atoms in total. The van der Waals surface area contributed by atoms with Crippen LogP contribution in [0.15, 0.2) is 90.8 Å². The highest BCUT2D eigenvalue weighted by molar-refractivity contribution is 5.94. The normalized spacial score (nSPS) is 16.0.